The Morgan fingerprint density at radius 2 is 1.88 bits per heavy atom. The molecular formula is C21H23NO3. The Bertz CT molecular complexity index is 797. The zero-order chi connectivity index (χ0) is 17.8. The standard InChI is InChI=1S/C21H23NO3/c1-14-7-8-16(13-15(14)2)19(23)9-10-21(24)22-18-11-12-25-20-6-4-3-5-17(18)20/h3-8,13,18H,9-12H2,1-2H3,(H,22,24)/t18-/m1/s1. The average Bonchev–Trinajstić information content (AvgIpc) is 2.62. The molecule has 1 amide bonds. The summed E-state index contributed by atoms with van der Waals surface area (Å²) in [6.07, 6.45) is 1.17. The van der Waals surface area contributed by atoms with Crippen LogP contribution < -0.4 is 10.1 Å². The van der Waals surface area contributed by atoms with Gasteiger partial charge in [0.25, 0.3) is 0 Å². The van der Waals surface area contributed by atoms with Crippen LogP contribution in [0.2, 0.25) is 0 Å². The van der Waals surface area contributed by atoms with E-state index in [4.69, 9.17) is 4.74 Å². The maximum Gasteiger partial charge on any atom is 0.220 e. The largest absolute Gasteiger partial charge is 0.493 e. The summed E-state index contributed by atoms with van der Waals surface area (Å²) in [5.41, 5.74) is 3.93. The molecule has 1 N–H and O–H groups in total. The molecule has 2 aromatic carbocycles. The van der Waals surface area contributed by atoms with Gasteiger partial charge in [-0.25, -0.2) is 0 Å². The number of fused-ring (bicyclic) bond motifs is 1. The molecule has 25 heavy (non-hydrogen) atoms. The lowest BCUT2D eigenvalue weighted by atomic mass is 9.99. The lowest BCUT2D eigenvalue weighted by Crippen LogP contribution is -2.32. The first-order valence-electron chi connectivity index (χ1n) is 8.66. The molecule has 0 fully saturated rings. The molecule has 0 radical (unpaired) electrons. The summed E-state index contributed by atoms with van der Waals surface area (Å²) in [6.45, 7) is 4.59. The SMILES string of the molecule is Cc1ccc(C(=O)CCC(=O)N[C@@H]2CCOc3ccccc32)cc1C. The highest BCUT2D eigenvalue weighted by molar-refractivity contribution is 5.98. The predicted octanol–water partition coefficient (Wildman–Crippen LogP) is 3.91. The van der Waals surface area contributed by atoms with Gasteiger partial charge in [-0.05, 0) is 37.1 Å². The van der Waals surface area contributed by atoms with Crippen LogP contribution in [0.25, 0.3) is 0 Å². The summed E-state index contributed by atoms with van der Waals surface area (Å²) < 4.78 is 5.61. The fourth-order valence-corrected chi connectivity index (χ4v) is 3.04. The van der Waals surface area contributed by atoms with Gasteiger partial charge in [-0.3, -0.25) is 9.59 Å². The predicted molar refractivity (Wildman–Crippen MR) is 96.9 cm³/mol. The molecule has 0 bridgehead atoms. The molecule has 1 aliphatic rings. The van der Waals surface area contributed by atoms with Crippen LogP contribution in [0.5, 0.6) is 5.75 Å². The molecule has 0 unspecified atom stereocenters. The Balaban J connectivity index is 1.57. The van der Waals surface area contributed by atoms with Crippen LogP contribution in [-0.2, 0) is 4.79 Å². The van der Waals surface area contributed by atoms with Gasteiger partial charge >= 0.3 is 0 Å². The van der Waals surface area contributed by atoms with Gasteiger partial charge in [0.1, 0.15) is 5.75 Å². The molecule has 0 aliphatic carbocycles. The zero-order valence-corrected chi connectivity index (χ0v) is 14.7. The van der Waals surface area contributed by atoms with Crippen molar-refractivity contribution < 1.29 is 14.3 Å². The van der Waals surface area contributed by atoms with Gasteiger partial charge in [0, 0.05) is 30.4 Å². The third-order valence-electron chi connectivity index (χ3n) is 4.70. The molecule has 3 rings (SSSR count). The van der Waals surface area contributed by atoms with Gasteiger partial charge in [0.15, 0.2) is 5.78 Å². The van der Waals surface area contributed by atoms with E-state index in [-0.39, 0.29) is 30.6 Å². The number of amides is 1. The molecule has 0 spiro atoms. The van der Waals surface area contributed by atoms with Crippen LogP contribution in [0.1, 0.15) is 52.4 Å². The first-order valence-corrected chi connectivity index (χ1v) is 8.66. The van der Waals surface area contributed by atoms with Crippen LogP contribution in [0.3, 0.4) is 0 Å². The molecule has 4 nitrogen and oxygen atoms in total. The van der Waals surface area contributed by atoms with Gasteiger partial charge in [-0.1, -0.05) is 30.3 Å². The number of hydrogen-bond donors (Lipinski definition) is 1. The highest BCUT2D eigenvalue weighted by atomic mass is 16.5. The number of carbonyl (C=O) groups excluding carboxylic acids is 2. The highest BCUT2D eigenvalue weighted by Crippen LogP contribution is 2.31. The number of carbonyl (C=O) groups is 2. The van der Waals surface area contributed by atoms with Crippen molar-refractivity contribution >= 4 is 11.7 Å². The summed E-state index contributed by atoms with van der Waals surface area (Å²) in [5.74, 6) is 0.731. The fraction of sp³-hybridized carbons (Fsp3) is 0.333. The second-order valence-corrected chi connectivity index (χ2v) is 6.52. The lowest BCUT2D eigenvalue weighted by Gasteiger charge is -2.26. The summed E-state index contributed by atoms with van der Waals surface area (Å²) in [4.78, 5) is 24.6. The molecular weight excluding hydrogens is 314 g/mol. The fourth-order valence-electron chi connectivity index (χ4n) is 3.04. The number of nitrogens with one attached hydrogen (secondary N) is 1. The second kappa shape index (κ2) is 7.51. The first-order chi connectivity index (χ1) is 12.0. The van der Waals surface area contributed by atoms with Gasteiger partial charge < -0.3 is 10.1 Å². The number of ketones is 1. The van der Waals surface area contributed by atoms with E-state index in [0.717, 1.165) is 28.9 Å². The third kappa shape index (κ3) is 4.08. The number of Topliss-reactive ketones (excluding diaryl/α,β-unsaturated/α-hetero) is 1. The van der Waals surface area contributed by atoms with E-state index >= 15 is 0 Å². The van der Waals surface area contributed by atoms with E-state index in [1.54, 1.807) is 0 Å². The number of rotatable bonds is 5. The Kier molecular flexibility index (Phi) is 5.17. The normalized spacial score (nSPS) is 15.8. The lowest BCUT2D eigenvalue weighted by molar-refractivity contribution is -0.122. The van der Waals surface area contributed by atoms with Crippen molar-refractivity contribution in [3.63, 3.8) is 0 Å². The van der Waals surface area contributed by atoms with E-state index in [1.807, 2.05) is 56.3 Å². The molecule has 0 aromatic heterocycles. The van der Waals surface area contributed by atoms with E-state index in [2.05, 4.69) is 5.32 Å². The van der Waals surface area contributed by atoms with E-state index < -0.39 is 0 Å². The van der Waals surface area contributed by atoms with Gasteiger partial charge in [0.05, 0.1) is 12.6 Å². The van der Waals surface area contributed by atoms with Crippen molar-refractivity contribution in [1.82, 2.24) is 5.32 Å². The Hall–Kier alpha value is -2.62. The van der Waals surface area contributed by atoms with Crippen LogP contribution in [0, 0.1) is 13.8 Å². The van der Waals surface area contributed by atoms with Crippen molar-refractivity contribution in [1.29, 1.82) is 0 Å². The number of hydrogen-bond acceptors (Lipinski definition) is 3. The number of aryl methyl sites for hydroxylation is 2. The minimum Gasteiger partial charge on any atom is -0.493 e. The topological polar surface area (TPSA) is 55.4 Å². The number of para-hydroxylation sites is 1. The van der Waals surface area contributed by atoms with Gasteiger partial charge in [0.2, 0.25) is 5.91 Å². The summed E-state index contributed by atoms with van der Waals surface area (Å²) in [6, 6.07) is 13.4. The number of benzene rings is 2. The molecule has 130 valence electrons. The van der Waals surface area contributed by atoms with Crippen molar-refractivity contribution in [2.75, 3.05) is 6.61 Å². The second-order valence-electron chi connectivity index (χ2n) is 6.52. The highest BCUT2D eigenvalue weighted by Gasteiger charge is 2.22. The molecule has 0 saturated carbocycles. The number of ether oxygens (including phenoxy) is 1. The molecule has 1 heterocycles. The van der Waals surface area contributed by atoms with E-state index in [0.29, 0.717) is 12.2 Å². The van der Waals surface area contributed by atoms with Gasteiger partial charge in [-0.15, -0.1) is 0 Å². The first kappa shape index (κ1) is 17.2. The van der Waals surface area contributed by atoms with Crippen molar-refractivity contribution in [3.05, 3.63) is 64.7 Å². The Labute approximate surface area is 148 Å². The van der Waals surface area contributed by atoms with Crippen molar-refractivity contribution in [3.8, 4) is 5.75 Å². The Morgan fingerprint density at radius 1 is 1.08 bits per heavy atom. The van der Waals surface area contributed by atoms with Crippen molar-refractivity contribution in [2.24, 2.45) is 0 Å². The van der Waals surface area contributed by atoms with E-state index in [1.165, 1.54) is 0 Å². The zero-order valence-electron chi connectivity index (χ0n) is 14.7. The maximum atomic E-state index is 12.3. The molecule has 1 aliphatic heterocycles. The maximum absolute atomic E-state index is 12.3. The molecule has 2 aromatic rings. The molecule has 4 heteroatoms. The quantitative estimate of drug-likeness (QED) is 0.842. The van der Waals surface area contributed by atoms with Crippen molar-refractivity contribution in [2.45, 2.75) is 39.2 Å². The minimum absolute atomic E-state index is 0.00521. The van der Waals surface area contributed by atoms with Crippen LogP contribution in [0.15, 0.2) is 42.5 Å². The van der Waals surface area contributed by atoms with E-state index in [9.17, 15) is 9.59 Å². The molecule has 0 saturated heterocycles. The smallest absolute Gasteiger partial charge is 0.220 e. The van der Waals surface area contributed by atoms with Gasteiger partial charge in [-0.2, -0.15) is 0 Å². The van der Waals surface area contributed by atoms with Crippen LogP contribution in [-0.4, -0.2) is 18.3 Å². The monoisotopic (exact) mass is 337 g/mol. The summed E-state index contributed by atoms with van der Waals surface area (Å²) in [5, 5.41) is 3.03. The summed E-state index contributed by atoms with van der Waals surface area (Å²) >= 11 is 0. The summed E-state index contributed by atoms with van der Waals surface area (Å²) in [7, 11) is 0. The Morgan fingerprint density at radius 3 is 2.68 bits per heavy atom. The van der Waals surface area contributed by atoms with Crippen LogP contribution >= 0.6 is 0 Å². The minimum atomic E-state index is -0.0983. The average molecular weight is 337 g/mol. The van der Waals surface area contributed by atoms with Crippen LogP contribution in [0.4, 0.5) is 0 Å². The third-order valence-corrected chi connectivity index (χ3v) is 4.70. The molecule has 1 atom stereocenters.